The van der Waals surface area contributed by atoms with E-state index in [4.69, 9.17) is 23.2 Å². The Morgan fingerprint density at radius 3 is 2.80 bits per heavy atom. The zero-order valence-electron chi connectivity index (χ0n) is 10.5. The van der Waals surface area contributed by atoms with E-state index in [1.54, 1.807) is 12.1 Å². The SMILES string of the molecule is O=S1(=O)CCC(NCc2nc3cc(Cl)c(Cl)cc3[nH]2)C1. The molecule has 1 aromatic carbocycles. The molecule has 0 aliphatic carbocycles. The highest BCUT2D eigenvalue weighted by molar-refractivity contribution is 7.91. The number of rotatable bonds is 3. The largest absolute Gasteiger partial charge is 0.341 e. The molecule has 1 unspecified atom stereocenters. The number of fused-ring (bicyclic) bond motifs is 1. The van der Waals surface area contributed by atoms with Crippen molar-refractivity contribution in [2.45, 2.75) is 19.0 Å². The molecule has 1 atom stereocenters. The van der Waals surface area contributed by atoms with Gasteiger partial charge in [-0.05, 0) is 18.6 Å². The Morgan fingerprint density at radius 2 is 2.10 bits per heavy atom. The van der Waals surface area contributed by atoms with Gasteiger partial charge in [0.25, 0.3) is 0 Å². The Bertz CT molecular complexity index is 718. The molecule has 0 radical (unpaired) electrons. The van der Waals surface area contributed by atoms with E-state index in [2.05, 4.69) is 15.3 Å². The highest BCUT2D eigenvalue weighted by Crippen LogP contribution is 2.26. The first-order chi connectivity index (χ1) is 9.43. The minimum atomic E-state index is -2.86. The van der Waals surface area contributed by atoms with Crippen molar-refractivity contribution in [2.24, 2.45) is 0 Å². The molecule has 2 heterocycles. The van der Waals surface area contributed by atoms with E-state index < -0.39 is 9.84 Å². The van der Waals surface area contributed by atoms with Crippen LogP contribution in [0.15, 0.2) is 12.1 Å². The van der Waals surface area contributed by atoms with Gasteiger partial charge in [0.05, 0.1) is 39.1 Å². The van der Waals surface area contributed by atoms with Crippen LogP contribution in [0.1, 0.15) is 12.2 Å². The maximum Gasteiger partial charge on any atom is 0.151 e. The molecule has 1 aliphatic rings. The zero-order valence-corrected chi connectivity index (χ0v) is 12.8. The van der Waals surface area contributed by atoms with Crippen molar-refractivity contribution in [3.05, 3.63) is 28.0 Å². The molecule has 0 amide bonds. The fourth-order valence-electron chi connectivity index (χ4n) is 2.34. The van der Waals surface area contributed by atoms with E-state index in [-0.39, 0.29) is 17.5 Å². The quantitative estimate of drug-likeness (QED) is 0.902. The van der Waals surface area contributed by atoms with Crippen molar-refractivity contribution < 1.29 is 8.42 Å². The van der Waals surface area contributed by atoms with Crippen LogP contribution in [0.25, 0.3) is 11.0 Å². The second-order valence-electron chi connectivity index (χ2n) is 4.95. The van der Waals surface area contributed by atoms with Gasteiger partial charge in [0.15, 0.2) is 9.84 Å². The van der Waals surface area contributed by atoms with Crippen molar-refractivity contribution in [3.8, 4) is 0 Å². The summed E-state index contributed by atoms with van der Waals surface area (Å²) in [4.78, 5) is 7.54. The van der Waals surface area contributed by atoms with Gasteiger partial charge in [-0.25, -0.2) is 13.4 Å². The van der Waals surface area contributed by atoms with Crippen LogP contribution in [0, 0.1) is 0 Å². The van der Waals surface area contributed by atoms with E-state index in [0.29, 0.717) is 23.0 Å². The van der Waals surface area contributed by atoms with Crippen molar-refractivity contribution in [2.75, 3.05) is 11.5 Å². The molecule has 1 aliphatic heterocycles. The van der Waals surface area contributed by atoms with Crippen LogP contribution < -0.4 is 5.32 Å². The Kier molecular flexibility index (Phi) is 3.66. The summed E-state index contributed by atoms with van der Waals surface area (Å²) in [7, 11) is -2.86. The van der Waals surface area contributed by atoms with Crippen LogP contribution >= 0.6 is 23.2 Å². The fourth-order valence-corrected chi connectivity index (χ4v) is 4.37. The molecule has 1 aromatic heterocycles. The molecule has 20 heavy (non-hydrogen) atoms. The fraction of sp³-hybridized carbons (Fsp3) is 0.417. The maximum absolute atomic E-state index is 11.4. The van der Waals surface area contributed by atoms with Crippen molar-refractivity contribution in [3.63, 3.8) is 0 Å². The lowest BCUT2D eigenvalue weighted by molar-refractivity contribution is 0.544. The third-order valence-corrected chi connectivity index (χ3v) is 5.85. The first kappa shape index (κ1) is 14.1. The molecular weight excluding hydrogens is 321 g/mol. The van der Waals surface area contributed by atoms with Gasteiger partial charge in [-0.3, -0.25) is 0 Å². The smallest absolute Gasteiger partial charge is 0.151 e. The number of benzene rings is 1. The second kappa shape index (κ2) is 5.18. The normalized spacial score (nSPS) is 21.6. The number of H-pyrrole nitrogens is 1. The Hall–Kier alpha value is -0.820. The molecule has 0 saturated carbocycles. The van der Waals surface area contributed by atoms with Gasteiger partial charge >= 0.3 is 0 Å². The lowest BCUT2D eigenvalue weighted by Gasteiger charge is -2.08. The number of hydrogen-bond donors (Lipinski definition) is 2. The van der Waals surface area contributed by atoms with Crippen LogP contribution in [0.5, 0.6) is 0 Å². The summed E-state index contributed by atoms with van der Waals surface area (Å²) in [6.45, 7) is 0.490. The number of nitrogens with zero attached hydrogens (tertiary/aromatic N) is 1. The van der Waals surface area contributed by atoms with Crippen LogP contribution in [0.3, 0.4) is 0 Å². The first-order valence-electron chi connectivity index (χ1n) is 6.20. The molecule has 1 fully saturated rings. The number of halogens is 2. The zero-order chi connectivity index (χ0) is 14.3. The van der Waals surface area contributed by atoms with Gasteiger partial charge < -0.3 is 10.3 Å². The Labute approximate surface area is 126 Å². The monoisotopic (exact) mass is 333 g/mol. The molecule has 8 heteroatoms. The topological polar surface area (TPSA) is 74.8 Å². The van der Waals surface area contributed by atoms with Crippen molar-refractivity contribution in [1.29, 1.82) is 0 Å². The highest BCUT2D eigenvalue weighted by Gasteiger charge is 2.27. The standard InChI is InChI=1S/C12H13Cl2N3O2S/c13-8-3-10-11(4-9(8)14)17-12(16-10)5-15-7-1-2-20(18,19)6-7/h3-4,7,15H,1-2,5-6H2,(H,16,17). The molecular formula is C12H13Cl2N3O2S. The van der Waals surface area contributed by atoms with Gasteiger partial charge in [-0.1, -0.05) is 23.2 Å². The number of aromatic nitrogens is 2. The summed E-state index contributed by atoms with van der Waals surface area (Å²) in [5.41, 5.74) is 1.56. The highest BCUT2D eigenvalue weighted by atomic mass is 35.5. The third-order valence-electron chi connectivity index (χ3n) is 3.36. The summed E-state index contributed by atoms with van der Waals surface area (Å²) in [5, 5.41) is 4.15. The molecule has 1 saturated heterocycles. The second-order valence-corrected chi connectivity index (χ2v) is 7.99. The molecule has 2 N–H and O–H groups in total. The Morgan fingerprint density at radius 1 is 1.35 bits per heavy atom. The van der Waals surface area contributed by atoms with Crippen molar-refractivity contribution in [1.82, 2.24) is 15.3 Å². The lowest BCUT2D eigenvalue weighted by Crippen LogP contribution is -2.29. The van der Waals surface area contributed by atoms with Gasteiger partial charge in [0.2, 0.25) is 0 Å². The Balaban J connectivity index is 1.72. The predicted molar refractivity (Wildman–Crippen MR) is 80.0 cm³/mol. The number of aromatic amines is 1. The van der Waals surface area contributed by atoms with E-state index in [1.807, 2.05) is 0 Å². The van der Waals surface area contributed by atoms with E-state index in [0.717, 1.165) is 16.9 Å². The molecule has 2 aromatic rings. The maximum atomic E-state index is 11.4. The molecule has 3 rings (SSSR count). The summed E-state index contributed by atoms with van der Waals surface area (Å²) in [5.74, 6) is 1.20. The molecule has 5 nitrogen and oxygen atoms in total. The van der Waals surface area contributed by atoms with Crippen LogP contribution in [0.4, 0.5) is 0 Å². The third kappa shape index (κ3) is 2.93. The summed E-state index contributed by atoms with van der Waals surface area (Å²) < 4.78 is 22.8. The minimum Gasteiger partial charge on any atom is -0.341 e. The molecule has 0 bridgehead atoms. The average molecular weight is 334 g/mol. The van der Waals surface area contributed by atoms with Gasteiger partial charge in [0, 0.05) is 6.04 Å². The summed E-state index contributed by atoms with van der Waals surface area (Å²) in [6.07, 6.45) is 0.653. The number of sulfone groups is 1. The number of nitrogens with one attached hydrogen (secondary N) is 2. The van der Waals surface area contributed by atoms with Crippen LogP contribution in [0.2, 0.25) is 10.0 Å². The summed E-state index contributed by atoms with van der Waals surface area (Å²) >= 11 is 11.9. The number of imidazole rings is 1. The van der Waals surface area contributed by atoms with E-state index >= 15 is 0 Å². The lowest BCUT2D eigenvalue weighted by atomic mass is 10.2. The first-order valence-corrected chi connectivity index (χ1v) is 8.78. The van der Waals surface area contributed by atoms with Crippen molar-refractivity contribution >= 4 is 44.1 Å². The summed E-state index contributed by atoms with van der Waals surface area (Å²) in [6, 6.07) is 3.44. The number of hydrogen-bond acceptors (Lipinski definition) is 4. The molecule has 0 spiro atoms. The van der Waals surface area contributed by atoms with Gasteiger partial charge in [-0.15, -0.1) is 0 Å². The van der Waals surface area contributed by atoms with E-state index in [9.17, 15) is 8.42 Å². The van der Waals surface area contributed by atoms with Gasteiger partial charge in [0.1, 0.15) is 5.82 Å². The predicted octanol–water partition coefficient (Wildman–Crippen LogP) is 2.15. The average Bonchev–Trinajstić information content (AvgIpc) is 2.90. The van der Waals surface area contributed by atoms with Crippen LogP contribution in [-0.4, -0.2) is 35.9 Å². The van der Waals surface area contributed by atoms with E-state index in [1.165, 1.54) is 0 Å². The minimum absolute atomic E-state index is 0.000359. The molecule has 108 valence electrons. The van der Waals surface area contributed by atoms with Gasteiger partial charge in [-0.2, -0.15) is 0 Å². The van der Waals surface area contributed by atoms with Crippen LogP contribution in [-0.2, 0) is 16.4 Å².